The summed E-state index contributed by atoms with van der Waals surface area (Å²) in [6, 6.07) is 17.5. The molecule has 0 N–H and O–H groups in total. The van der Waals surface area contributed by atoms with Gasteiger partial charge in [0.2, 0.25) is 0 Å². The van der Waals surface area contributed by atoms with E-state index in [0.717, 1.165) is 32.9 Å². The first-order chi connectivity index (χ1) is 13.7. The minimum atomic E-state index is 0.0988. The van der Waals surface area contributed by atoms with Gasteiger partial charge >= 0.3 is 0 Å². The van der Waals surface area contributed by atoms with Crippen molar-refractivity contribution in [2.75, 3.05) is 5.75 Å². The van der Waals surface area contributed by atoms with Crippen LogP contribution in [-0.4, -0.2) is 31.3 Å². The lowest BCUT2D eigenvalue weighted by Gasteiger charge is -2.06. The Morgan fingerprint density at radius 2 is 1.82 bits per heavy atom. The second-order valence-electron chi connectivity index (χ2n) is 5.96. The summed E-state index contributed by atoms with van der Waals surface area (Å²) >= 11 is 4.80. The second-order valence-corrected chi connectivity index (χ2v) is 9.15. The van der Waals surface area contributed by atoms with Gasteiger partial charge in [-0.3, -0.25) is 4.79 Å². The largest absolute Gasteiger partial charge is 0.306 e. The lowest BCUT2D eigenvalue weighted by atomic mass is 10.2. The number of para-hydroxylation sites is 1. The van der Waals surface area contributed by atoms with E-state index in [4.69, 9.17) is 0 Å². The molecule has 4 aromatic rings. The van der Waals surface area contributed by atoms with Crippen molar-refractivity contribution in [3.05, 3.63) is 66.0 Å². The number of fused-ring (bicyclic) bond motifs is 1. The standard InChI is InChI=1S/C20H18N4OS3/c1-2-24-18(13-27-20-21-15-10-6-7-11-17(15)28-20)22-23-19(24)26-12-16(25)14-8-4-3-5-9-14/h3-11H,2,12-13H2,1H3. The van der Waals surface area contributed by atoms with Crippen molar-refractivity contribution in [3.8, 4) is 0 Å². The Hall–Kier alpha value is -2.16. The van der Waals surface area contributed by atoms with E-state index in [9.17, 15) is 4.79 Å². The molecule has 0 amide bonds. The summed E-state index contributed by atoms with van der Waals surface area (Å²) in [7, 11) is 0. The summed E-state index contributed by atoms with van der Waals surface area (Å²) in [6.07, 6.45) is 0. The molecular weight excluding hydrogens is 408 g/mol. The molecule has 4 rings (SSSR count). The predicted molar refractivity (Wildman–Crippen MR) is 116 cm³/mol. The lowest BCUT2D eigenvalue weighted by Crippen LogP contribution is -2.06. The number of carbonyl (C=O) groups excluding carboxylic acids is 1. The van der Waals surface area contributed by atoms with Gasteiger partial charge in [0.1, 0.15) is 5.82 Å². The molecule has 0 bridgehead atoms. The summed E-state index contributed by atoms with van der Waals surface area (Å²) in [5.74, 6) is 2.06. The topological polar surface area (TPSA) is 60.7 Å². The van der Waals surface area contributed by atoms with Crippen LogP contribution in [0.3, 0.4) is 0 Å². The minimum absolute atomic E-state index is 0.0988. The van der Waals surface area contributed by atoms with Gasteiger partial charge in [0, 0.05) is 12.1 Å². The highest BCUT2D eigenvalue weighted by Gasteiger charge is 2.15. The SMILES string of the molecule is CCn1c(CSc2nc3ccccc3s2)nnc1SCC(=O)c1ccccc1. The molecule has 2 aromatic heterocycles. The molecule has 0 spiro atoms. The van der Waals surface area contributed by atoms with Gasteiger partial charge in [0.25, 0.3) is 0 Å². The number of nitrogens with zero attached hydrogens (tertiary/aromatic N) is 4. The molecule has 2 aromatic carbocycles. The minimum Gasteiger partial charge on any atom is -0.306 e. The van der Waals surface area contributed by atoms with E-state index in [0.29, 0.717) is 11.5 Å². The highest BCUT2D eigenvalue weighted by atomic mass is 32.2. The Kier molecular flexibility index (Phi) is 6.09. The zero-order chi connectivity index (χ0) is 19.3. The highest BCUT2D eigenvalue weighted by molar-refractivity contribution is 8.00. The Labute approximate surface area is 175 Å². The van der Waals surface area contributed by atoms with Crippen LogP contribution in [-0.2, 0) is 12.3 Å². The Bertz CT molecular complexity index is 1060. The fourth-order valence-electron chi connectivity index (χ4n) is 2.73. The van der Waals surface area contributed by atoms with Crippen molar-refractivity contribution >= 4 is 50.9 Å². The molecule has 5 nitrogen and oxygen atoms in total. The van der Waals surface area contributed by atoms with Crippen LogP contribution in [0, 0.1) is 0 Å². The molecule has 8 heteroatoms. The molecule has 0 radical (unpaired) electrons. The molecule has 0 aliphatic heterocycles. The number of rotatable bonds is 8. The maximum Gasteiger partial charge on any atom is 0.191 e. The molecule has 28 heavy (non-hydrogen) atoms. The van der Waals surface area contributed by atoms with E-state index in [-0.39, 0.29) is 5.78 Å². The number of benzene rings is 2. The Morgan fingerprint density at radius 1 is 1.04 bits per heavy atom. The zero-order valence-corrected chi connectivity index (χ0v) is 17.7. The number of hydrogen-bond acceptors (Lipinski definition) is 7. The van der Waals surface area contributed by atoms with Crippen molar-refractivity contribution in [2.45, 2.75) is 28.7 Å². The quantitative estimate of drug-likeness (QED) is 0.286. The second kappa shape index (κ2) is 8.89. The van der Waals surface area contributed by atoms with Crippen molar-refractivity contribution in [2.24, 2.45) is 0 Å². The Balaban J connectivity index is 1.41. The molecule has 0 aliphatic carbocycles. The first-order valence-corrected chi connectivity index (χ1v) is 11.6. The van der Waals surface area contributed by atoms with Gasteiger partial charge < -0.3 is 4.57 Å². The average Bonchev–Trinajstić information content (AvgIpc) is 3.33. The van der Waals surface area contributed by atoms with Crippen molar-refractivity contribution in [1.29, 1.82) is 0 Å². The lowest BCUT2D eigenvalue weighted by molar-refractivity contribution is 0.102. The van der Waals surface area contributed by atoms with Crippen LogP contribution in [0.2, 0.25) is 0 Å². The first-order valence-electron chi connectivity index (χ1n) is 8.86. The van der Waals surface area contributed by atoms with E-state index in [1.54, 1.807) is 23.1 Å². The van der Waals surface area contributed by atoms with E-state index >= 15 is 0 Å². The molecular formula is C20H18N4OS3. The highest BCUT2D eigenvalue weighted by Crippen LogP contribution is 2.31. The van der Waals surface area contributed by atoms with Gasteiger partial charge in [-0.15, -0.1) is 21.5 Å². The Morgan fingerprint density at radius 3 is 2.61 bits per heavy atom. The van der Waals surface area contributed by atoms with Crippen molar-refractivity contribution in [3.63, 3.8) is 0 Å². The average molecular weight is 427 g/mol. The van der Waals surface area contributed by atoms with E-state index in [1.165, 1.54) is 16.5 Å². The fraction of sp³-hybridized carbons (Fsp3) is 0.200. The molecule has 0 atom stereocenters. The van der Waals surface area contributed by atoms with Gasteiger partial charge in [-0.1, -0.05) is 66.0 Å². The number of aromatic nitrogens is 4. The van der Waals surface area contributed by atoms with Crippen molar-refractivity contribution < 1.29 is 4.79 Å². The third-order valence-electron chi connectivity index (χ3n) is 4.14. The summed E-state index contributed by atoms with van der Waals surface area (Å²) in [5, 5.41) is 9.43. The smallest absolute Gasteiger partial charge is 0.191 e. The molecule has 0 fully saturated rings. The van der Waals surface area contributed by atoms with Crippen LogP contribution < -0.4 is 0 Å². The molecule has 2 heterocycles. The van der Waals surface area contributed by atoms with Crippen molar-refractivity contribution in [1.82, 2.24) is 19.7 Å². The monoisotopic (exact) mass is 426 g/mol. The normalized spacial score (nSPS) is 11.2. The summed E-state index contributed by atoms with van der Waals surface area (Å²) < 4.78 is 4.29. The van der Waals surface area contributed by atoms with E-state index in [2.05, 4.69) is 32.7 Å². The fourth-order valence-corrected chi connectivity index (χ4v) is 5.65. The molecule has 142 valence electrons. The van der Waals surface area contributed by atoms with Gasteiger partial charge in [-0.05, 0) is 19.1 Å². The maximum absolute atomic E-state index is 12.3. The van der Waals surface area contributed by atoms with Crippen LogP contribution in [0.5, 0.6) is 0 Å². The number of thioether (sulfide) groups is 2. The maximum atomic E-state index is 12.3. The van der Waals surface area contributed by atoms with Crippen LogP contribution in [0.4, 0.5) is 0 Å². The zero-order valence-electron chi connectivity index (χ0n) is 15.2. The van der Waals surface area contributed by atoms with E-state index < -0.39 is 0 Å². The predicted octanol–water partition coefficient (Wildman–Crippen LogP) is 5.18. The van der Waals surface area contributed by atoms with Gasteiger partial charge in [0.05, 0.1) is 21.7 Å². The van der Waals surface area contributed by atoms with Gasteiger partial charge in [-0.2, -0.15) is 0 Å². The van der Waals surface area contributed by atoms with Crippen LogP contribution in [0.1, 0.15) is 23.1 Å². The summed E-state index contributed by atoms with van der Waals surface area (Å²) in [4.78, 5) is 17.0. The number of Topliss-reactive ketones (excluding diaryl/α,β-unsaturated/α-hetero) is 1. The molecule has 0 aliphatic rings. The molecule has 0 saturated carbocycles. The number of ketones is 1. The third kappa shape index (κ3) is 4.29. The third-order valence-corrected chi connectivity index (χ3v) is 7.28. The van der Waals surface area contributed by atoms with Crippen LogP contribution >= 0.6 is 34.9 Å². The van der Waals surface area contributed by atoms with Gasteiger partial charge in [0.15, 0.2) is 15.3 Å². The van der Waals surface area contributed by atoms with Crippen LogP contribution in [0.25, 0.3) is 10.2 Å². The molecule has 0 unspecified atom stereocenters. The first kappa shape index (κ1) is 19.2. The summed E-state index contributed by atoms with van der Waals surface area (Å²) in [5.41, 5.74) is 1.76. The van der Waals surface area contributed by atoms with Gasteiger partial charge in [-0.25, -0.2) is 4.98 Å². The number of carbonyl (C=O) groups is 1. The van der Waals surface area contributed by atoms with Crippen LogP contribution in [0.15, 0.2) is 64.1 Å². The summed E-state index contributed by atoms with van der Waals surface area (Å²) in [6.45, 7) is 2.84. The van der Waals surface area contributed by atoms with E-state index in [1.807, 2.05) is 48.5 Å². The number of thiazole rings is 1. The number of hydrogen-bond donors (Lipinski definition) is 0. The molecule has 0 saturated heterocycles.